The van der Waals surface area contributed by atoms with Gasteiger partial charge in [-0.3, -0.25) is 14.2 Å². The van der Waals surface area contributed by atoms with E-state index in [2.05, 4.69) is 9.97 Å². The van der Waals surface area contributed by atoms with E-state index >= 15 is 0 Å². The summed E-state index contributed by atoms with van der Waals surface area (Å²) < 4.78 is 12.9. The Morgan fingerprint density at radius 3 is 2.82 bits per heavy atom. The highest BCUT2D eigenvalue weighted by atomic mass is 32.1. The van der Waals surface area contributed by atoms with E-state index in [1.54, 1.807) is 16.8 Å². The summed E-state index contributed by atoms with van der Waals surface area (Å²) in [7, 11) is 0. The van der Waals surface area contributed by atoms with Crippen LogP contribution in [0.1, 0.15) is 11.3 Å². The van der Waals surface area contributed by atoms with Crippen molar-refractivity contribution in [1.82, 2.24) is 14.4 Å². The number of aromatic nitrogens is 3. The van der Waals surface area contributed by atoms with Crippen LogP contribution < -0.4 is 15.0 Å². The highest BCUT2D eigenvalue weighted by molar-refractivity contribution is 7.15. The highest BCUT2D eigenvalue weighted by Crippen LogP contribution is 2.35. The maximum Gasteiger partial charge on any atom is 0.259 e. The van der Waals surface area contributed by atoms with Crippen molar-refractivity contribution >= 4 is 28.4 Å². The third kappa shape index (κ3) is 3.05. The fourth-order valence-corrected chi connectivity index (χ4v) is 3.99. The lowest BCUT2D eigenvalue weighted by atomic mass is 10.1. The maximum absolute atomic E-state index is 12.8. The van der Waals surface area contributed by atoms with Gasteiger partial charge in [-0.25, -0.2) is 4.98 Å². The van der Waals surface area contributed by atoms with E-state index in [4.69, 9.17) is 9.47 Å². The molecule has 0 fully saturated rings. The first kappa shape index (κ1) is 16.7. The third-order valence-electron chi connectivity index (χ3n) is 4.39. The number of nitrogens with zero attached hydrogens (tertiary/aromatic N) is 3. The van der Waals surface area contributed by atoms with Gasteiger partial charge in [0.05, 0.1) is 11.4 Å². The Hall–Kier alpha value is -3.45. The molecule has 4 heterocycles. The molecule has 1 aliphatic heterocycles. The van der Waals surface area contributed by atoms with Crippen LogP contribution in [0.25, 0.3) is 28.4 Å². The average molecular weight is 389 g/mol. The van der Waals surface area contributed by atoms with Gasteiger partial charge in [-0.2, -0.15) is 0 Å². The zero-order valence-electron chi connectivity index (χ0n) is 14.7. The van der Waals surface area contributed by atoms with Gasteiger partial charge in [0.25, 0.3) is 5.56 Å². The molecule has 7 heteroatoms. The average Bonchev–Trinajstić information content (AvgIpc) is 3.17. The van der Waals surface area contributed by atoms with Gasteiger partial charge in [-0.15, -0.1) is 11.3 Å². The number of ether oxygens (including phenoxy) is 2. The lowest BCUT2D eigenvalue weighted by Crippen LogP contribution is -2.16. The number of hydrogen-bond donors (Lipinski definition) is 0. The lowest BCUT2D eigenvalue weighted by Gasteiger charge is -2.18. The molecule has 1 aliphatic rings. The predicted molar refractivity (Wildman–Crippen MR) is 109 cm³/mol. The van der Waals surface area contributed by atoms with E-state index in [0.717, 1.165) is 22.6 Å². The fraction of sp³-hybridized carbons (Fsp3) is 0.0952. The van der Waals surface area contributed by atoms with E-state index in [9.17, 15) is 4.79 Å². The van der Waals surface area contributed by atoms with Gasteiger partial charge >= 0.3 is 0 Å². The zero-order chi connectivity index (χ0) is 18.9. The molecule has 6 nitrogen and oxygen atoms in total. The minimum atomic E-state index is -0.123. The Labute approximate surface area is 164 Å². The largest absolute Gasteiger partial charge is 0.486 e. The van der Waals surface area contributed by atoms with Gasteiger partial charge in [-0.1, -0.05) is 12.1 Å². The molecule has 0 aliphatic carbocycles. The number of pyridine rings is 1. The molecule has 3 aromatic heterocycles. The van der Waals surface area contributed by atoms with Gasteiger partial charge in [-0.05, 0) is 35.9 Å². The maximum atomic E-state index is 12.8. The second-order valence-electron chi connectivity index (χ2n) is 6.24. The lowest BCUT2D eigenvalue weighted by molar-refractivity contribution is 0.171. The van der Waals surface area contributed by atoms with Gasteiger partial charge in [0.15, 0.2) is 16.5 Å². The monoisotopic (exact) mass is 389 g/mol. The fourth-order valence-electron chi connectivity index (χ4n) is 3.08. The molecule has 4 aromatic rings. The summed E-state index contributed by atoms with van der Waals surface area (Å²) in [6, 6.07) is 11.0. The number of rotatable bonds is 3. The molecule has 0 saturated carbocycles. The second-order valence-corrected chi connectivity index (χ2v) is 7.07. The molecule has 0 bridgehead atoms. The first-order valence-corrected chi connectivity index (χ1v) is 9.65. The quantitative estimate of drug-likeness (QED) is 0.534. The molecule has 0 saturated heterocycles. The predicted octanol–water partition coefficient (Wildman–Crippen LogP) is 3.76. The number of thiazole rings is 1. The van der Waals surface area contributed by atoms with Crippen molar-refractivity contribution in [2.45, 2.75) is 0 Å². The van der Waals surface area contributed by atoms with Crippen molar-refractivity contribution in [2.24, 2.45) is 0 Å². The van der Waals surface area contributed by atoms with Crippen LogP contribution in [0.2, 0.25) is 0 Å². The van der Waals surface area contributed by atoms with E-state index in [1.165, 1.54) is 17.4 Å². The summed E-state index contributed by atoms with van der Waals surface area (Å²) in [6.45, 7) is 1.07. The molecule has 0 radical (unpaired) electrons. The minimum absolute atomic E-state index is 0.123. The van der Waals surface area contributed by atoms with Gasteiger partial charge in [0.2, 0.25) is 0 Å². The smallest absolute Gasteiger partial charge is 0.259 e. The van der Waals surface area contributed by atoms with Crippen molar-refractivity contribution in [1.29, 1.82) is 0 Å². The molecule has 28 heavy (non-hydrogen) atoms. The molecule has 5 rings (SSSR count). The van der Waals surface area contributed by atoms with Crippen molar-refractivity contribution in [3.8, 4) is 22.8 Å². The van der Waals surface area contributed by atoms with Crippen LogP contribution in [0.5, 0.6) is 11.5 Å². The van der Waals surface area contributed by atoms with Crippen LogP contribution in [-0.2, 0) is 0 Å². The molecule has 1 aromatic carbocycles. The van der Waals surface area contributed by atoms with E-state index in [1.807, 2.05) is 47.9 Å². The van der Waals surface area contributed by atoms with Crippen molar-refractivity contribution in [3.05, 3.63) is 75.8 Å². The van der Waals surface area contributed by atoms with E-state index in [-0.39, 0.29) is 5.56 Å². The Morgan fingerprint density at radius 2 is 1.96 bits per heavy atom. The second kappa shape index (κ2) is 6.94. The highest BCUT2D eigenvalue weighted by Gasteiger charge is 2.15. The summed E-state index contributed by atoms with van der Waals surface area (Å²) in [5, 5.41) is 1.93. The van der Waals surface area contributed by atoms with Crippen LogP contribution in [0.4, 0.5) is 0 Å². The van der Waals surface area contributed by atoms with Crippen LogP contribution >= 0.6 is 11.3 Å². The topological polar surface area (TPSA) is 65.7 Å². The van der Waals surface area contributed by atoms with Gasteiger partial charge in [0.1, 0.15) is 13.2 Å². The third-order valence-corrected chi connectivity index (χ3v) is 5.22. The van der Waals surface area contributed by atoms with Crippen molar-refractivity contribution < 1.29 is 9.47 Å². The van der Waals surface area contributed by atoms with E-state index in [0.29, 0.717) is 29.6 Å². The van der Waals surface area contributed by atoms with Gasteiger partial charge < -0.3 is 9.47 Å². The number of benzene rings is 1. The van der Waals surface area contributed by atoms with Crippen LogP contribution in [-0.4, -0.2) is 27.6 Å². The van der Waals surface area contributed by atoms with E-state index < -0.39 is 0 Å². The van der Waals surface area contributed by atoms with Gasteiger partial charge in [0, 0.05) is 29.4 Å². The summed E-state index contributed by atoms with van der Waals surface area (Å²) in [6.07, 6.45) is 7.19. The molecule has 0 N–H and O–H groups in total. The summed E-state index contributed by atoms with van der Waals surface area (Å²) in [5.41, 5.74) is 3.12. The molecule has 0 unspecified atom stereocenters. The Morgan fingerprint density at radius 1 is 1.07 bits per heavy atom. The number of hydrogen-bond acceptors (Lipinski definition) is 6. The standard InChI is InChI=1S/C21H15N3O3S/c25-20-11-16(5-3-14-2-1-7-22-12-14)23-21-24(20)17(13-28-21)15-4-6-18-19(10-15)27-9-8-26-18/h1-7,10-13H,8-9H2/b5-3+. The Kier molecular flexibility index (Phi) is 4.14. The van der Waals surface area contributed by atoms with Crippen molar-refractivity contribution in [2.75, 3.05) is 13.2 Å². The molecule has 0 atom stereocenters. The van der Waals surface area contributed by atoms with Crippen LogP contribution in [0.15, 0.2) is 59.0 Å². The van der Waals surface area contributed by atoms with Crippen LogP contribution in [0, 0.1) is 0 Å². The molecule has 0 amide bonds. The Bertz CT molecular complexity index is 1240. The molecular formula is C21H15N3O3S. The summed E-state index contributed by atoms with van der Waals surface area (Å²) >= 11 is 1.43. The molecule has 0 spiro atoms. The van der Waals surface area contributed by atoms with Crippen molar-refractivity contribution in [3.63, 3.8) is 0 Å². The molecular weight excluding hydrogens is 374 g/mol. The normalized spacial score (nSPS) is 13.3. The minimum Gasteiger partial charge on any atom is -0.486 e. The summed E-state index contributed by atoms with van der Waals surface area (Å²) in [5.74, 6) is 1.42. The van der Waals surface area contributed by atoms with Crippen LogP contribution in [0.3, 0.4) is 0 Å². The first-order chi connectivity index (χ1) is 13.8. The summed E-state index contributed by atoms with van der Waals surface area (Å²) in [4.78, 5) is 22.1. The SMILES string of the molecule is O=c1cc(/C=C/c2cccnc2)nc2scc(-c3ccc4c(c3)OCCO4)n12. The zero-order valence-corrected chi connectivity index (χ0v) is 15.6. The Balaban J connectivity index is 1.54. The molecule has 138 valence electrons. The first-order valence-electron chi connectivity index (χ1n) is 8.77. The number of fused-ring (bicyclic) bond motifs is 2.